The van der Waals surface area contributed by atoms with Crippen molar-refractivity contribution in [1.82, 2.24) is 9.97 Å². The highest BCUT2D eigenvalue weighted by atomic mass is 16.5. The Morgan fingerprint density at radius 3 is 2.71 bits per heavy atom. The molecule has 0 radical (unpaired) electrons. The van der Waals surface area contributed by atoms with Crippen molar-refractivity contribution in [2.75, 3.05) is 7.11 Å². The molecule has 0 aliphatic carbocycles. The first-order valence-electron chi connectivity index (χ1n) is 5.45. The van der Waals surface area contributed by atoms with Gasteiger partial charge in [0.1, 0.15) is 0 Å². The lowest BCUT2D eigenvalue weighted by Crippen LogP contribution is -2.15. The van der Waals surface area contributed by atoms with Crippen LogP contribution in [-0.4, -0.2) is 17.1 Å². The Labute approximate surface area is 100 Å². The predicted octanol–water partition coefficient (Wildman–Crippen LogP) is 1.73. The molecule has 0 amide bonds. The van der Waals surface area contributed by atoms with Gasteiger partial charge in [0.15, 0.2) is 0 Å². The van der Waals surface area contributed by atoms with E-state index in [1.807, 2.05) is 30.3 Å². The van der Waals surface area contributed by atoms with Gasteiger partial charge in [0.2, 0.25) is 5.88 Å². The number of nitrogens with two attached hydrogens (primary N) is 1. The van der Waals surface area contributed by atoms with Crippen LogP contribution in [0.4, 0.5) is 0 Å². The standard InChI is InChI=1S/C13H15N3O/c1-17-13-11(6-4-8-16-13)12(14)9-10-5-2-3-7-15-10/h2-8,12H,9,14H2,1H3. The van der Waals surface area contributed by atoms with E-state index in [1.54, 1.807) is 19.5 Å². The van der Waals surface area contributed by atoms with Gasteiger partial charge in [-0.3, -0.25) is 4.98 Å². The molecule has 2 aromatic heterocycles. The summed E-state index contributed by atoms with van der Waals surface area (Å²) in [6.07, 6.45) is 4.13. The van der Waals surface area contributed by atoms with Crippen LogP contribution in [0.25, 0.3) is 0 Å². The summed E-state index contributed by atoms with van der Waals surface area (Å²) in [5, 5.41) is 0. The number of hydrogen-bond donors (Lipinski definition) is 1. The smallest absolute Gasteiger partial charge is 0.217 e. The number of rotatable bonds is 4. The van der Waals surface area contributed by atoms with Crippen LogP contribution in [0.3, 0.4) is 0 Å². The van der Waals surface area contributed by atoms with Crippen molar-refractivity contribution in [2.45, 2.75) is 12.5 Å². The molecule has 0 aliphatic heterocycles. The summed E-state index contributed by atoms with van der Waals surface area (Å²) < 4.78 is 5.19. The molecule has 0 saturated heterocycles. The van der Waals surface area contributed by atoms with E-state index in [9.17, 15) is 0 Å². The van der Waals surface area contributed by atoms with Crippen LogP contribution < -0.4 is 10.5 Å². The van der Waals surface area contributed by atoms with Crippen molar-refractivity contribution in [3.8, 4) is 5.88 Å². The molecule has 0 aliphatic rings. The first-order chi connectivity index (χ1) is 8.31. The van der Waals surface area contributed by atoms with E-state index in [0.29, 0.717) is 12.3 Å². The highest BCUT2D eigenvalue weighted by Crippen LogP contribution is 2.22. The Morgan fingerprint density at radius 2 is 2.00 bits per heavy atom. The van der Waals surface area contributed by atoms with E-state index in [4.69, 9.17) is 10.5 Å². The van der Waals surface area contributed by atoms with Gasteiger partial charge in [-0.1, -0.05) is 12.1 Å². The Hall–Kier alpha value is -1.94. The second-order valence-electron chi connectivity index (χ2n) is 3.73. The van der Waals surface area contributed by atoms with Gasteiger partial charge in [-0.15, -0.1) is 0 Å². The van der Waals surface area contributed by atoms with Crippen molar-refractivity contribution in [3.05, 3.63) is 54.0 Å². The summed E-state index contributed by atoms with van der Waals surface area (Å²) in [5.74, 6) is 0.580. The minimum atomic E-state index is -0.159. The highest BCUT2D eigenvalue weighted by molar-refractivity contribution is 5.29. The molecule has 2 aromatic rings. The number of pyridine rings is 2. The first-order valence-corrected chi connectivity index (χ1v) is 5.45. The summed E-state index contributed by atoms with van der Waals surface area (Å²) in [4.78, 5) is 8.40. The fourth-order valence-electron chi connectivity index (χ4n) is 1.71. The molecule has 0 bridgehead atoms. The summed E-state index contributed by atoms with van der Waals surface area (Å²) in [6.45, 7) is 0. The van der Waals surface area contributed by atoms with Crippen LogP contribution in [0.5, 0.6) is 5.88 Å². The van der Waals surface area contributed by atoms with Gasteiger partial charge in [-0.05, 0) is 18.2 Å². The fourth-order valence-corrected chi connectivity index (χ4v) is 1.71. The maximum atomic E-state index is 6.14. The topological polar surface area (TPSA) is 61.0 Å². The van der Waals surface area contributed by atoms with Crippen LogP contribution in [0.15, 0.2) is 42.7 Å². The van der Waals surface area contributed by atoms with Gasteiger partial charge >= 0.3 is 0 Å². The van der Waals surface area contributed by atoms with Crippen LogP contribution in [0.1, 0.15) is 17.3 Å². The molecule has 4 heteroatoms. The molecule has 4 nitrogen and oxygen atoms in total. The minimum Gasteiger partial charge on any atom is -0.481 e. The van der Waals surface area contributed by atoms with Crippen molar-refractivity contribution in [3.63, 3.8) is 0 Å². The normalized spacial score (nSPS) is 12.1. The van der Waals surface area contributed by atoms with Crippen molar-refractivity contribution < 1.29 is 4.74 Å². The molecule has 0 spiro atoms. The van der Waals surface area contributed by atoms with Crippen molar-refractivity contribution >= 4 is 0 Å². The lowest BCUT2D eigenvalue weighted by molar-refractivity contribution is 0.388. The number of nitrogens with zero attached hydrogens (tertiary/aromatic N) is 2. The van der Waals surface area contributed by atoms with E-state index in [-0.39, 0.29) is 6.04 Å². The number of methoxy groups -OCH3 is 1. The van der Waals surface area contributed by atoms with E-state index < -0.39 is 0 Å². The highest BCUT2D eigenvalue weighted by Gasteiger charge is 2.13. The third kappa shape index (κ3) is 2.79. The Balaban J connectivity index is 2.17. The van der Waals surface area contributed by atoms with E-state index >= 15 is 0 Å². The lowest BCUT2D eigenvalue weighted by atomic mass is 10.0. The third-order valence-electron chi connectivity index (χ3n) is 2.55. The van der Waals surface area contributed by atoms with Gasteiger partial charge in [-0.2, -0.15) is 0 Å². The fraction of sp³-hybridized carbons (Fsp3) is 0.231. The van der Waals surface area contributed by atoms with Gasteiger partial charge in [-0.25, -0.2) is 4.98 Å². The molecule has 17 heavy (non-hydrogen) atoms. The van der Waals surface area contributed by atoms with Gasteiger partial charge in [0.25, 0.3) is 0 Å². The molecule has 2 rings (SSSR count). The number of ether oxygens (including phenoxy) is 1. The number of aromatic nitrogens is 2. The van der Waals surface area contributed by atoms with Crippen LogP contribution in [0, 0.1) is 0 Å². The van der Waals surface area contributed by atoms with Crippen molar-refractivity contribution in [1.29, 1.82) is 0 Å². The first kappa shape index (κ1) is 11.5. The second-order valence-corrected chi connectivity index (χ2v) is 3.73. The quantitative estimate of drug-likeness (QED) is 0.867. The average molecular weight is 229 g/mol. The predicted molar refractivity (Wildman–Crippen MR) is 65.7 cm³/mol. The largest absolute Gasteiger partial charge is 0.481 e. The summed E-state index contributed by atoms with van der Waals surface area (Å²) in [5.41, 5.74) is 8.01. The Morgan fingerprint density at radius 1 is 1.18 bits per heavy atom. The second kappa shape index (κ2) is 5.41. The van der Waals surface area contributed by atoms with E-state index in [1.165, 1.54) is 0 Å². The maximum absolute atomic E-state index is 6.14. The van der Waals surface area contributed by atoms with Gasteiger partial charge < -0.3 is 10.5 Å². The van der Waals surface area contributed by atoms with Gasteiger partial charge in [0.05, 0.1) is 7.11 Å². The van der Waals surface area contributed by atoms with E-state index in [0.717, 1.165) is 11.3 Å². The molecule has 88 valence electrons. The number of hydrogen-bond acceptors (Lipinski definition) is 4. The van der Waals surface area contributed by atoms with E-state index in [2.05, 4.69) is 9.97 Å². The average Bonchev–Trinajstić information content (AvgIpc) is 2.40. The molecule has 0 fully saturated rings. The molecule has 0 saturated carbocycles. The summed E-state index contributed by atoms with van der Waals surface area (Å²) >= 11 is 0. The minimum absolute atomic E-state index is 0.159. The lowest BCUT2D eigenvalue weighted by Gasteiger charge is -2.14. The van der Waals surface area contributed by atoms with Crippen LogP contribution >= 0.6 is 0 Å². The zero-order chi connectivity index (χ0) is 12.1. The maximum Gasteiger partial charge on any atom is 0.217 e. The SMILES string of the molecule is COc1ncccc1C(N)Cc1ccccn1. The molecule has 1 unspecified atom stereocenters. The van der Waals surface area contributed by atoms with Crippen molar-refractivity contribution in [2.24, 2.45) is 5.73 Å². The summed E-state index contributed by atoms with van der Waals surface area (Å²) in [6, 6.07) is 9.43. The zero-order valence-corrected chi connectivity index (χ0v) is 9.71. The Kier molecular flexibility index (Phi) is 3.67. The zero-order valence-electron chi connectivity index (χ0n) is 9.71. The monoisotopic (exact) mass is 229 g/mol. The Bertz CT molecular complexity index is 473. The molecular weight excluding hydrogens is 214 g/mol. The third-order valence-corrected chi connectivity index (χ3v) is 2.55. The van der Waals surface area contributed by atoms with Gasteiger partial charge in [0, 0.05) is 36.1 Å². The van der Waals surface area contributed by atoms with Crippen LogP contribution in [0.2, 0.25) is 0 Å². The summed E-state index contributed by atoms with van der Waals surface area (Å²) in [7, 11) is 1.60. The molecule has 1 atom stereocenters. The van der Waals surface area contributed by atoms with Crippen LogP contribution in [-0.2, 0) is 6.42 Å². The molecular formula is C13H15N3O. The molecule has 0 aromatic carbocycles. The molecule has 2 N–H and O–H groups in total. The molecule has 2 heterocycles.